The monoisotopic (exact) mass is 296 g/mol. The van der Waals surface area contributed by atoms with Gasteiger partial charge in [0.25, 0.3) is 0 Å². The first-order chi connectivity index (χ1) is 10.1. The Labute approximate surface area is 127 Å². The van der Waals surface area contributed by atoms with E-state index in [0.717, 1.165) is 25.7 Å². The van der Waals surface area contributed by atoms with Gasteiger partial charge < -0.3 is 15.0 Å². The molecule has 0 aromatic carbocycles. The highest BCUT2D eigenvalue weighted by atomic mass is 16.5. The minimum atomic E-state index is -0.181. The standard InChI is InChI=1S/C16H28N2O3/c1-12-11-13-7-3-4-8-14(13)18(12)16(20)17-10-6-5-9-15(19)21-2/h12-14H,3-11H2,1-2H3,(H,17,20)/t12-,13-,14+/m1/s1. The molecule has 21 heavy (non-hydrogen) atoms. The summed E-state index contributed by atoms with van der Waals surface area (Å²) >= 11 is 0. The van der Waals surface area contributed by atoms with Crippen LogP contribution in [0.4, 0.5) is 4.79 Å². The van der Waals surface area contributed by atoms with Crippen molar-refractivity contribution in [2.45, 2.75) is 70.4 Å². The van der Waals surface area contributed by atoms with Crippen LogP contribution in [0.2, 0.25) is 0 Å². The molecular formula is C16H28N2O3. The molecule has 1 aliphatic carbocycles. The van der Waals surface area contributed by atoms with Gasteiger partial charge in [-0.2, -0.15) is 0 Å². The first kappa shape index (κ1) is 16.1. The van der Waals surface area contributed by atoms with Gasteiger partial charge >= 0.3 is 12.0 Å². The number of esters is 1. The van der Waals surface area contributed by atoms with Crippen molar-refractivity contribution in [2.24, 2.45) is 5.92 Å². The Kier molecular flexibility index (Phi) is 5.88. The molecule has 0 unspecified atom stereocenters. The molecule has 2 amide bonds. The smallest absolute Gasteiger partial charge is 0.317 e. The molecule has 0 spiro atoms. The fourth-order valence-electron chi connectivity index (χ4n) is 3.84. The Morgan fingerprint density at radius 1 is 1.24 bits per heavy atom. The number of hydrogen-bond donors (Lipinski definition) is 1. The third-order valence-corrected chi connectivity index (χ3v) is 4.89. The predicted molar refractivity (Wildman–Crippen MR) is 80.9 cm³/mol. The molecule has 2 rings (SSSR count). The molecule has 1 aliphatic heterocycles. The first-order valence-corrected chi connectivity index (χ1v) is 8.26. The zero-order valence-corrected chi connectivity index (χ0v) is 13.3. The summed E-state index contributed by atoms with van der Waals surface area (Å²) in [5.74, 6) is 0.526. The molecule has 3 atom stereocenters. The lowest BCUT2D eigenvalue weighted by molar-refractivity contribution is -0.140. The van der Waals surface area contributed by atoms with Crippen LogP contribution in [0.25, 0.3) is 0 Å². The highest BCUT2D eigenvalue weighted by molar-refractivity contribution is 5.75. The molecule has 1 heterocycles. The number of methoxy groups -OCH3 is 1. The number of rotatable bonds is 5. The van der Waals surface area contributed by atoms with E-state index in [1.807, 2.05) is 0 Å². The van der Waals surface area contributed by atoms with Gasteiger partial charge in [0, 0.05) is 25.0 Å². The Balaban J connectivity index is 1.71. The second kappa shape index (κ2) is 7.66. The van der Waals surface area contributed by atoms with Crippen molar-refractivity contribution in [2.75, 3.05) is 13.7 Å². The van der Waals surface area contributed by atoms with E-state index in [2.05, 4.69) is 21.9 Å². The van der Waals surface area contributed by atoms with E-state index < -0.39 is 0 Å². The van der Waals surface area contributed by atoms with Gasteiger partial charge in [0.05, 0.1) is 7.11 Å². The first-order valence-electron chi connectivity index (χ1n) is 8.26. The number of unbranched alkanes of at least 4 members (excludes halogenated alkanes) is 1. The van der Waals surface area contributed by atoms with Crippen LogP contribution in [-0.2, 0) is 9.53 Å². The SMILES string of the molecule is COC(=O)CCCCNC(=O)N1[C@H](C)C[C@H]2CCCC[C@@H]21. The van der Waals surface area contributed by atoms with Crippen LogP contribution in [0.3, 0.4) is 0 Å². The highest BCUT2D eigenvalue weighted by Crippen LogP contribution is 2.39. The normalized spacial score (nSPS) is 28.1. The number of ether oxygens (including phenoxy) is 1. The lowest BCUT2D eigenvalue weighted by Gasteiger charge is -2.33. The van der Waals surface area contributed by atoms with Crippen LogP contribution in [0.1, 0.15) is 58.3 Å². The van der Waals surface area contributed by atoms with Gasteiger partial charge in [0.1, 0.15) is 0 Å². The van der Waals surface area contributed by atoms with Crippen molar-refractivity contribution >= 4 is 12.0 Å². The van der Waals surface area contributed by atoms with Crippen molar-refractivity contribution in [3.8, 4) is 0 Å². The van der Waals surface area contributed by atoms with Gasteiger partial charge in [0.15, 0.2) is 0 Å². The van der Waals surface area contributed by atoms with Gasteiger partial charge in [-0.1, -0.05) is 12.8 Å². The van der Waals surface area contributed by atoms with E-state index >= 15 is 0 Å². The minimum Gasteiger partial charge on any atom is -0.469 e. The van der Waals surface area contributed by atoms with Crippen LogP contribution in [-0.4, -0.2) is 42.6 Å². The summed E-state index contributed by atoms with van der Waals surface area (Å²) in [7, 11) is 1.40. The van der Waals surface area contributed by atoms with Crippen LogP contribution in [0, 0.1) is 5.92 Å². The predicted octanol–water partition coefficient (Wildman–Crippen LogP) is 2.69. The second-order valence-corrected chi connectivity index (χ2v) is 6.37. The number of likely N-dealkylation sites (tertiary alicyclic amines) is 1. The maximum Gasteiger partial charge on any atom is 0.317 e. The Hall–Kier alpha value is -1.26. The molecule has 5 heteroatoms. The highest BCUT2D eigenvalue weighted by Gasteiger charge is 2.42. The van der Waals surface area contributed by atoms with Gasteiger partial charge in [-0.25, -0.2) is 4.79 Å². The van der Waals surface area contributed by atoms with Crippen LogP contribution >= 0.6 is 0 Å². The van der Waals surface area contributed by atoms with E-state index in [1.54, 1.807) is 0 Å². The van der Waals surface area contributed by atoms with Crippen LogP contribution in [0.5, 0.6) is 0 Å². The van der Waals surface area contributed by atoms with Gasteiger partial charge in [-0.15, -0.1) is 0 Å². The van der Waals surface area contributed by atoms with Crippen molar-refractivity contribution in [1.82, 2.24) is 10.2 Å². The van der Waals surface area contributed by atoms with Crippen molar-refractivity contribution in [1.29, 1.82) is 0 Å². The fraction of sp³-hybridized carbons (Fsp3) is 0.875. The number of fused-ring (bicyclic) bond motifs is 1. The van der Waals surface area contributed by atoms with E-state index in [1.165, 1.54) is 26.4 Å². The molecule has 2 aliphatic rings. The Morgan fingerprint density at radius 3 is 2.76 bits per heavy atom. The van der Waals surface area contributed by atoms with Gasteiger partial charge in [0.2, 0.25) is 0 Å². The average Bonchev–Trinajstić information content (AvgIpc) is 2.82. The molecular weight excluding hydrogens is 268 g/mol. The largest absolute Gasteiger partial charge is 0.469 e. The van der Waals surface area contributed by atoms with E-state index in [-0.39, 0.29) is 12.0 Å². The lowest BCUT2D eigenvalue weighted by atomic mass is 9.85. The second-order valence-electron chi connectivity index (χ2n) is 6.37. The zero-order valence-electron chi connectivity index (χ0n) is 13.3. The number of nitrogens with zero attached hydrogens (tertiary/aromatic N) is 1. The molecule has 1 N–H and O–H groups in total. The maximum absolute atomic E-state index is 12.4. The molecule has 5 nitrogen and oxygen atoms in total. The summed E-state index contributed by atoms with van der Waals surface area (Å²) in [4.78, 5) is 25.5. The molecule has 2 fully saturated rings. The quantitative estimate of drug-likeness (QED) is 0.627. The third-order valence-electron chi connectivity index (χ3n) is 4.89. The maximum atomic E-state index is 12.4. The van der Waals surface area contributed by atoms with Crippen LogP contribution < -0.4 is 5.32 Å². The molecule has 1 saturated carbocycles. The topological polar surface area (TPSA) is 58.6 Å². The minimum absolute atomic E-state index is 0.0787. The molecule has 0 bridgehead atoms. The van der Waals surface area contributed by atoms with E-state index in [9.17, 15) is 9.59 Å². The number of carbonyl (C=O) groups excluding carboxylic acids is 2. The van der Waals surface area contributed by atoms with Crippen LogP contribution in [0.15, 0.2) is 0 Å². The number of nitrogens with one attached hydrogen (secondary N) is 1. The number of amides is 2. The molecule has 120 valence electrons. The molecule has 0 aromatic rings. The van der Waals surface area contributed by atoms with Gasteiger partial charge in [-0.05, 0) is 44.9 Å². The average molecular weight is 296 g/mol. The summed E-state index contributed by atoms with van der Waals surface area (Å²) in [5, 5.41) is 3.01. The number of urea groups is 1. The molecule has 0 aromatic heterocycles. The van der Waals surface area contributed by atoms with Crippen molar-refractivity contribution in [3.05, 3.63) is 0 Å². The van der Waals surface area contributed by atoms with Crippen molar-refractivity contribution < 1.29 is 14.3 Å². The summed E-state index contributed by atoms with van der Waals surface area (Å²) in [6.07, 6.45) is 8.15. The fourth-order valence-corrected chi connectivity index (χ4v) is 3.84. The molecule has 1 saturated heterocycles. The third kappa shape index (κ3) is 4.11. The van der Waals surface area contributed by atoms with Gasteiger partial charge in [-0.3, -0.25) is 4.79 Å². The molecule has 0 radical (unpaired) electrons. The van der Waals surface area contributed by atoms with E-state index in [0.29, 0.717) is 31.0 Å². The Bertz CT molecular complexity index is 373. The number of hydrogen-bond acceptors (Lipinski definition) is 3. The summed E-state index contributed by atoms with van der Waals surface area (Å²) in [5.41, 5.74) is 0. The zero-order chi connectivity index (χ0) is 15.2. The lowest BCUT2D eigenvalue weighted by Crippen LogP contribution is -2.47. The van der Waals surface area contributed by atoms with E-state index in [4.69, 9.17) is 0 Å². The Morgan fingerprint density at radius 2 is 2.00 bits per heavy atom. The van der Waals surface area contributed by atoms with Crippen molar-refractivity contribution in [3.63, 3.8) is 0 Å². The number of carbonyl (C=O) groups is 2. The summed E-state index contributed by atoms with van der Waals surface area (Å²) in [6.45, 7) is 2.80. The summed E-state index contributed by atoms with van der Waals surface area (Å²) in [6, 6.07) is 0.881. The summed E-state index contributed by atoms with van der Waals surface area (Å²) < 4.78 is 4.60.